The molecule has 2 rings (SSSR count). The van der Waals surface area contributed by atoms with Crippen LogP contribution in [0.2, 0.25) is 0 Å². The van der Waals surface area contributed by atoms with Crippen molar-refractivity contribution < 1.29 is 19.1 Å². The Balaban J connectivity index is 2.55. The lowest BCUT2D eigenvalue weighted by atomic mass is 9.63. The Morgan fingerprint density at radius 1 is 1.37 bits per heavy atom. The average Bonchev–Trinajstić information content (AvgIpc) is 2.59. The summed E-state index contributed by atoms with van der Waals surface area (Å²) in [5.41, 5.74) is -2.22. The van der Waals surface area contributed by atoms with Crippen molar-refractivity contribution in [1.29, 1.82) is 0 Å². The predicted octanol–water partition coefficient (Wildman–Crippen LogP) is 1.42. The Labute approximate surface area is 112 Å². The van der Waals surface area contributed by atoms with E-state index in [1.807, 2.05) is 6.92 Å². The maximum absolute atomic E-state index is 12.5. The lowest BCUT2D eigenvalue weighted by Gasteiger charge is -2.43. The number of hydrogen-bond donors (Lipinski definition) is 0. The highest BCUT2D eigenvalue weighted by Crippen LogP contribution is 2.55. The van der Waals surface area contributed by atoms with Crippen molar-refractivity contribution in [2.75, 3.05) is 7.05 Å². The van der Waals surface area contributed by atoms with E-state index in [9.17, 15) is 14.4 Å². The van der Waals surface area contributed by atoms with Crippen LogP contribution in [0.25, 0.3) is 0 Å². The van der Waals surface area contributed by atoms with Gasteiger partial charge in [-0.2, -0.15) is 0 Å². The number of carbonyl (C=O) groups is 3. The fourth-order valence-corrected chi connectivity index (χ4v) is 3.54. The van der Waals surface area contributed by atoms with E-state index in [0.29, 0.717) is 19.3 Å². The Morgan fingerprint density at radius 2 is 2.00 bits per heavy atom. The van der Waals surface area contributed by atoms with Gasteiger partial charge in [-0.25, -0.2) is 4.79 Å². The summed E-state index contributed by atoms with van der Waals surface area (Å²) in [4.78, 5) is 37.7. The maximum atomic E-state index is 12.5. The number of likely N-dealkylation sites (N-methyl/N-ethyl adjacent to an activating group) is 1. The SMILES string of the molecule is C=CC(=O)OC12CCCCC1(CC)C(=O)N(C)C2=O. The van der Waals surface area contributed by atoms with E-state index in [2.05, 4.69) is 6.58 Å². The average molecular weight is 265 g/mol. The summed E-state index contributed by atoms with van der Waals surface area (Å²) in [6.45, 7) is 5.23. The van der Waals surface area contributed by atoms with Gasteiger partial charge in [0.15, 0.2) is 0 Å². The third-order valence-electron chi connectivity index (χ3n) is 4.56. The predicted molar refractivity (Wildman–Crippen MR) is 68.0 cm³/mol. The molecule has 1 aliphatic heterocycles. The van der Waals surface area contributed by atoms with Crippen molar-refractivity contribution in [1.82, 2.24) is 4.90 Å². The fourth-order valence-electron chi connectivity index (χ4n) is 3.54. The molecule has 0 aromatic carbocycles. The molecule has 0 aromatic heterocycles. The first-order valence-corrected chi connectivity index (χ1v) is 6.63. The second-order valence-corrected chi connectivity index (χ2v) is 5.26. The van der Waals surface area contributed by atoms with Crippen LogP contribution in [-0.2, 0) is 19.1 Å². The minimum atomic E-state index is -1.32. The van der Waals surface area contributed by atoms with Gasteiger partial charge >= 0.3 is 5.97 Å². The molecule has 0 spiro atoms. The monoisotopic (exact) mass is 265 g/mol. The molecule has 104 valence electrons. The van der Waals surface area contributed by atoms with E-state index in [-0.39, 0.29) is 5.91 Å². The first-order chi connectivity index (χ1) is 8.95. The first kappa shape index (κ1) is 13.8. The number of imide groups is 1. The third-order valence-corrected chi connectivity index (χ3v) is 4.56. The lowest BCUT2D eigenvalue weighted by Crippen LogP contribution is -2.55. The number of likely N-dealkylation sites (tertiary alicyclic amines) is 1. The van der Waals surface area contributed by atoms with Gasteiger partial charge in [-0.3, -0.25) is 14.5 Å². The van der Waals surface area contributed by atoms with Crippen LogP contribution >= 0.6 is 0 Å². The quantitative estimate of drug-likeness (QED) is 0.440. The fraction of sp³-hybridized carbons (Fsp3) is 0.643. The van der Waals surface area contributed by atoms with Crippen LogP contribution < -0.4 is 0 Å². The number of fused-ring (bicyclic) bond motifs is 1. The van der Waals surface area contributed by atoms with Gasteiger partial charge in [0.05, 0.1) is 5.41 Å². The minimum absolute atomic E-state index is 0.225. The molecule has 0 aromatic rings. The molecule has 2 amide bonds. The van der Waals surface area contributed by atoms with Crippen molar-refractivity contribution in [3.63, 3.8) is 0 Å². The second kappa shape index (κ2) is 4.47. The maximum Gasteiger partial charge on any atom is 0.331 e. The molecule has 1 aliphatic carbocycles. The number of amides is 2. The van der Waals surface area contributed by atoms with Crippen molar-refractivity contribution in [3.8, 4) is 0 Å². The standard InChI is InChI=1S/C14H19NO4/c1-4-10(16)19-14-9-7-6-8-13(14,5-2)11(17)15(3)12(14)18/h4H,1,5-9H2,2-3H3. The normalized spacial score (nSPS) is 34.1. The van der Waals surface area contributed by atoms with Crippen LogP contribution in [0.4, 0.5) is 0 Å². The van der Waals surface area contributed by atoms with E-state index in [1.54, 1.807) is 0 Å². The van der Waals surface area contributed by atoms with Crippen molar-refractivity contribution >= 4 is 17.8 Å². The Kier molecular flexibility index (Phi) is 3.24. The molecule has 2 atom stereocenters. The van der Waals surface area contributed by atoms with Gasteiger partial charge in [0.1, 0.15) is 0 Å². The van der Waals surface area contributed by atoms with Crippen LogP contribution in [0.3, 0.4) is 0 Å². The summed E-state index contributed by atoms with van der Waals surface area (Å²) in [6, 6.07) is 0. The number of ether oxygens (including phenoxy) is 1. The topological polar surface area (TPSA) is 63.7 Å². The zero-order valence-corrected chi connectivity index (χ0v) is 11.4. The van der Waals surface area contributed by atoms with Gasteiger partial charge in [-0.05, 0) is 25.7 Å². The number of hydrogen-bond acceptors (Lipinski definition) is 4. The summed E-state index contributed by atoms with van der Waals surface area (Å²) in [5, 5.41) is 0. The van der Waals surface area contributed by atoms with Gasteiger partial charge in [-0.15, -0.1) is 0 Å². The molecule has 2 aliphatic rings. The van der Waals surface area contributed by atoms with E-state index in [1.165, 1.54) is 7.05 Å². The highest BCUT2D eigenvalue weighted by molar-refractivity contribution is 6.12. The van der Waals surface area contributed by atoms with Crippen molar-refractivity contribution in [2.45, 2.75) is 44.6 Å². The van der Waals surface area contributed by atoms with Crippen LogP contribution in [0.1, 0.15) is 39.0 Å². The summed E-state index contributed by atoms with van der Waals surface area (Å²) in [6.07, 6.45) is 4.18. The summed E-state index contributed by atoms with van der Waals surface area (Å²) in [5.74, 6) is -1.26. The van der Waals surface area contributed by atoms with Crippen molar-refractivity contribution in [2.24, 2.45) is 5.41 Å². The van der Waals surface area contributed by atoms with Gasteiger partial charge in [0.25, 0.3) is 5.91 Å². The molecular weight excluding hydrogens is 246 g/mol. The van der Waals surface area contributed by atoms with Gasteiger partial charge in [0.2, 0.25) is 11.5 Å². The highest BCUT2D eigenvalue weighted by Gasteiger charge is 2.70. The van der Waals surface area contributed by atoms with Gasteiger partial charge in [0, 0.05) is 13.1 Å². The summed E-state index contributed by atoms with van der Waals surface area (Å²) in [7, 11) is 1.46. The number of nitrogens with zero attached hydrogens (tertiary/aromatic N) is 1. The molecule has 5 heteroatoms. The summed E-state index contributed by atoms with van der Waals surface area (Å²) < 4.78 is 5.43. The molecule has 0 radical (unpaired) electrons. The molecule has 0 N–H and O–H groups in total. The molecule has 2 unspecified atom stereocenters. The number of esters is 1. The molecule has 1 saturated carbocycles. The largest absolute Gasteiger partial charge is 0.445 e. The van der Waals surface area contributed by atoms with Crippen LogP contribution in [0.15, 0.2) is 12.7 Å². The second-order valence-electron chi connectivity index (χ2n) is 5.26. The molecule has 2 fully saturated rings. The Morgan fingerprint density at radius 3 is 2.58 bits per heavy atom. The van der Waals surface area contributed by atoms with E-state index in [4.69, 9.17) is 4.74 Å². The molecule has 1 saturated heterocycles. The number of carbonyl (C=O) groups excluding carboxylic acids is 3. The Hall–Kier alpha value is -1.65. The molecule has 19 heavy (non-hydrogen) atoms. The molecule has 0 bridgehead atoms. The first-order valence-electron chi connectivity index (χ1n) is 6.63. The van der Waals surface area contributed by atoms with E-state index >= 15 is 0 Å². The lowest BCUT2D eigenvalue weighted by molar-refractivity contribution is -0.182. The molecular formula is C14H19NO4. The van der Waals surface area contributed by atoms with Gasteiger partial charge in [-0.1, -0.05) is 19.9 Å². The van der Waals surface area contributed by atoms with Gasteiger partial charge < -0.3 is 4.74 Å². The minimum Gasteiger partial charge on any atom is -0.445 e. The summed E-state index contributed by atoms with van der Waals surface area (Å²) >= 11 is 0. The molecule has 5 nitrogen and oxygen atoms in total. The van der Waals surface area contributed by atoms with Crippen LogP contribution in [-0.4, -0.2) is 35.3 Å². The zero-order valence-electron chi connectivity index (χ0n) is 11.4. The van der Waals surface area contributed by atoms with E-state index < -0.39 is 22.9 Å². The smallest absolute Gasteiger partial charge is 0.331 e. The highest BCUT2D eigenvalue weighted by atomic mass is 16.6. The van der Waals surface area contributed by atoms with Crippen LogP contribution in [0.5, 0.6) is 0 Å². The number of rotatable bonds is 3. The third kappa shape index (κ3) is 1.57. The van der Waals surface area contributed by atoms with Crippen LogP contribution in [0, 0.1) is 5.41 Å². The Bertz CT molecular complexity index is 458. The van der Waals surface area contributed by atoms with Crippen molar-refractivity contribution in [3.05, 3.63) is 12.7 Å². The van der Waals surface area contributed by atoms with E-state index in [0.717, 1.165) is 23.8 Å². The zero-order chi connectivity index (χ0) is 14.3. The molecule has 1 heterocycles.